The van der Waals surface area contributed by atoms with Crippen molar-refractivity contribution in [3.8, 4) is 0 Å². The molecule has 0 radical (unpaired) electrons. The Kier molecular flexibility index (Phi) is 4.90. The second-order valence-electron chi connectivity index (χ2n) is 9.05. The van der Waals surface area contributed by atoms with Crippen LogP contribution in [0, 0.1) is 17.6 Å². The number of halogens is 2. The summed E-state index contributed by atoms with van der Waals surface area (Å²) in [5, 5.41) is 0. The van der Waals surface area contributed by atoms with E-state index in [4.69, 9.17) is 9.31 Å². The fourth-order valence-corrected chi connectivity index (χ4v) is 3.94. The Labute approximate surface area is 171 Å². The molecule has 0 aromatic heterocycles. The maximum Gasteiger partial charge on any atom is 0.494 e. The molecule has 0 amide bonds. The molecule has 0 aliphatic carbocycles. The van der Waals surface area contributed by atoms with Gasteiger partial charge in [0.2, 0.25) is 0 Å². The fourth-order valence-electron chi connectivity index (χ4n) is 3.94. The molecule has 2 unspecified atom stereocenters. The minimum absolute atomic E-state index is 0.00399. The van der Waals surface area contributed by atoms with Gasteiger partial charge in [-0.05, 0) is 63.2 Å². The van der Waals surface area contributed by atoms with E-state index in [-0.39, 0.29) is 28.7 Å². The van der Waals surface area contributed by atoms with Crippen molar-refractivity contribution in [3.63, 3.8) is 0 Å². The summed E-state index contributed by atoms with van der Waals surface area (Å²) in [7, 11) is -0.415. The Morgan fingerprint density at radius 1 is 0.931 bits per heavy atom. The highest BCUT2D eigenvalue weighted by Crippen LogP contribution is 2.38. The Hall–Kier alpha value is -2.05. The van der Waals surface area contributed by atoms with Crippen molar-refractivity contribution in [1.82, 2.24) is 0 Å². The van der Waals surface area contributed by atoms with Gasteiger partial charge in [0.05, 0.1) is 22.8 Å². The molecule has 4 rings (SSSR count). The van der Waals surface area contributed by atoms with Gasteiger partial charge in [-0.2, -0.15) is 0 Å². The normalized spacial score (nSPS) is 25.3. The third-order valence-corrected chi connectivity index (χ3v) is 6.40. The lowest BCUT2D eigenvalue weighted by molar-refractivity contribution is 0.00578. The Bertz CT molecular complexity index is 920. The van der Waals surface area contributed by atoms with Gasteiger partial charge in [-0.1, -0.05) is 37.3 Å². The summed E-state index contributed by atoms with van der Waals surface area (Å²) in [5.41, 5.74) is 1.68. The molecule has 0 N–H and O–H groups in total. The molecule has 152 valence electrons. The quantitative estimate of drug-likeness (QED) is 0.695. The van der Waals surface area contributed by atoms with Crippen molar-refractivity contribution in [2.24, 2.45) is 10.9 Å². The lowest BCUT2D eigenvalue weighted by atomic mass is 9.78. The molecule has 2 atom stereocenters. The molecule has 2 heterocycles. The Morgan fingerprint density at radius 2 is 1.48 bits per heavy atom. The molecule has 1 saturated heterocycles. The van der Waals surface area contributed by atoms with Gasteiger partial charge in [0.15, 0.2) is 0 Å². The van der Waals surface area contributed by atoms with Gasteiger partial charge >= 0.3 is 7.12 Å². The van der Waals surface area contributed by atoms with Crippen LogP contribution in [0.2, 0.25) is 0 Å². The summed E-state index contributed by atoms with van der Waals surface area (Å²) >= 11 is 0. The second-order valence-corrected chi connectivity index (χ2v) is 9.05. The van der Waals surface area contributed by atoms with Crippen molar-refractivity contribution in [3.05, 3.63) is 65.2 Å². The van der Waals surface area contributed by atoms with Crippen LogP contribution in [0.25, 0.3) is 0 Å². The van der Waals surface area contributed by atoms with Crippen LogP contribution in [0.15, 0.2) is 47.5 Å². The highest BCUT2D eigenvalue weighted by Gasteiger charge is 2.51. The predicted octanol–water partition coefficient (Wildman–Crippen LogP) is 4.83. The lowest BCUT2D eigenvalue weighted by Crippen LogP contribution is -2.41. The first-order chi connectivity index (χ1) is 13.6. The van der Waals surface area contributed by atoms with Crippen molar-refractivity contribution in [1.29, 1.82) is 0 Å². The number of nitrogens with zero attached hydrogens (tertiary/aromatic N) is 1. The molecule has 3 nitrogen and oxygen atoms in total. The van der Waals surface area contributed by atoms with Crippen molar-refractivity contribution < 1.29 is 18.1 Å². The van der Waals surface area contributed by atoms with Crippen LogP contribution in [0.5, 0.6) is 0 Å². The Balaban J connectivity index is 1.58. The maximum absolute atomic E-state index is 14.2. The Morgan fingerprint density at radius 3 is 2.03 bits per heavy atom. The summed E-state index contributed by atoms with van der Waals surface area (Å²) in [6, 6.07) is 11.8. The van der Waals surface area contributed by atoms with Crippen LogP contribution >= 0.6 is 0 Å². The molecule has 29 heavy (non-hydrogen) atoms. The largest absolute Gasteiger partial charge is 0.494 e. The molecule has 0 saturated carbocycles. The van der Waals surface area contributed by atoms with Gasteiger partial charge in [0, 0.05) is 5.71 Å². The summed E-state index contributed by atoms with van der Waals surface area (Å²) in [5.74, 6) is -0.966. The summed E-state index contributed by atoms with van der Waals surface area (Å²) in [6.07, 6.45) is 0.543. The van der Waals surface area contributed by atoms with E-state index >= 15 is 0 Å². The molecule has 2 aromatic rings. The number of aliphatic imine (C=N–C) groups is 1. The first-order valence-electron chi connectivity index (χ1n) is 10.1. The van der Waals surface area contributed by atoms with Crippen LogP contribution in [0.4, 0.5) is 8.78 Å². The van der Waals surface area contributed by atoms with Crippen LogP contribution in [-0.2, 0) is 9.31 Å². The maximum atomic E-state index is 14.2. The SMILES string of the molecule is CC1CC(c2c(F)cccc2F)=NC1c1ccc(B2OC(C)(C)C(C)(C)O2)cc1. The van der Waals surface area contributed by atoms with Crippen LogP contribution in [0.3, 0.4) is 0 Å². The molecule has 6 heteroatoms. The molecule has 2 aromatic carbocycles. The van der Waals surface area contributed by atoms with E-state index in [1.54, 1.807) is 0 Å². The highest BCUT2D eigenvalue weighted by atomic mass is 19.1. The van der Waals surface area contributed by atoms with Crippen molar-refractivity contribution in [2.45, 2.75) is 58.3 Å². The fraction of sp³-hybridized carbons (Fsp3) is 0.435. The predicted molar refractivity (Wildman–Crippen MR) is 112 cm³/mol. The van der Waals surface area contributed by atoms with E-state index in [0.717, 1.165) is 11.0 Å². The van der Waals surface area contributed by atoms with Gasteiger partial charge in [-0.25, -0.2) is 8.78 Å². The molecule has 1 fully saturated rings. The summed E-state index contributed by atoms with van der Waals surface area (Å²) in [6.45, 7) is 10.2. The first kappa shape index (κ1) is 20.2. The average Bonchev–Trinajstić information content (AvgIpc) is 3.11. The summed E-state index contributed by atoms with van der Waals surface area (Å²) in [4.78, 5) is 4.68. The van der Waals surface area contributed by atoms with E-state index in [1.165, 1.54) is 18.2 Å². The number of rotatable bonds is 3. The van der Waals surface area contributed by atoms with E-state index in [9.17, 15) is 8.78 Å². The van der Waals surface area contributed by atoms with E-state index in [2.05, 4.69) is 11.9 Å². The molecule has 2 aliphatic rings. The van der Waals surface area contributed by atoms with Gasteiger partial charge in [0.25, 0.3) is 0 Å². The number of hydrogen-bond acceptors (Lipinski definition) is 3. The van der Waals surface area contributed by atoms with Crippen LogP contribution < -0.4 is 5.46 Å². The minimum Gasteiger partial charge on any atom is -0.399 e. The van der Waals surface area contributed by atoms with Crippen molar-refractivity contribution in [2.75, 3.05) is 0 Å². The first-order valence-corrected chi connectivity index (χ1v) is 10.1. The van der Waals surface area contributed by atoms with E-state index in [1.807, 2.05) is 52.0 Å². The van der Waals surface area contributed by atoms with Crippen LogP contribution in [-0.4, -0.2) is 24.0 Å². The average molecular weight is 397 g/mol. The lowest BCUT2D eigenvalue weighted by Gasteiger charge is -2.32. The van der Waals surface area contributed by atoms with Gasteiger partial charge in [-0.3, -0.25) is 4.99 Å². The van der Waals surface area contributed by atoms with E-state index < -0.39 is 18.8 Å². The molecular weight excluding hydrogens is 371 g/mol. The number of hydrogen-bond donors (Lipinski definition) is 0. The van der Waals surface area contributed by atoms with Crippen molar-refractivity contribution >= 4 is 18.3 Å². The van der Waals surface area contributed by atoms with Gasteiger partial charge in [-0.15, -0.1) is 0 Å². The smallest absolute Gasteiger partial charge is 0.399 e. The van der Waals surface area contributed by atoms with Crippen LogP contribution in [0.1, 0.15) is 58.2 Å². The van der Waals surface area contributed by atoms with Gasteiger partial charge < -0.3 is 9.31 Å². The molecular formula is C23H26BF2NO2. The molecule has 0 bridgehead atoms. The third-order valence-electron chi connectivity index (χ3n) is 6.40. The number of benzene rings is 2. The molecule has 2 aliphatic heterocycles. The molecule has 0 spiro atoms. The second kappa shape index (κ2) is 7.03. The standard InChI is InChI=1S/C23H26BF2NO2/c1-14-13-19(20-17(25)7-6-8-18(20)26)27-21(14)15-9-11-16(12-10-15)24-28-22(2,3)23(4,5)29-24/h6-12,14,21H,13H2,1-5H3. The monoisotopic (exact) mass is 397 g/mol. The highest BCUT2D eigenvalue weighted by molar-refractivity contribution is 6.62. The zero-order valence-electron chi connectivity index (χ0n) is 17.5. The third kappa shape index (κ3) is 3.53. The topological polar surface area (TPSA) is 30.8 Å². The zero-order chi connectivity index (χ0) is 21.0. The van der Waals surface area contributed by atoms with E-state index in [0.29, 0.717) is 12.1 Å². The van der Waals surface area contributed by atoms with Gasteiger partial charge in [0.1, 0.15) is 11.6 Å². The zero-order valence-corrected chi connectivity index (χ0v) is 17.5. The minimum atomic E-state index is -0.562. The summed E-state index contributed by atoms with van der Waals surface area (Å²) < 4.78 is 40.5.